The van der Waals surface area contributed by atoms with Gasteiger partial charge in [-0.2, -0.15) is 0 Å². The number of piperazine rings is 1. The van der Waals surface area contributed by atoms with Crippen LogP contribution in [0.1, 0.15) is 6.92 Å². The molecule has 0 aromatic heterocycles. The number of rotatable bonds is 5. The number of sulfonamides is 1. The van der Waals surface area contributed by atoms with E-state index in [4.69, 9.17) is 21.1 Å². The quantitative estimate of drug-likeness (QED) is 0.656. The molecule has 0 N–H and O–H groups in total. The third-order valence-corrected chi connectivity index (χ3v) is 7.09. The predicted octanol–water partition coefficient (Wildman–Crippen LogP) is 2.61. The van der Waals surface area contributed by atoms with Crippen molar-refractivity contribution in [3.05, 3.63) is 47.5 Å². The van der Waals surface area contributed by atoms with E-state index in [1.807, 2.05) is 24.3 Å². The average molecular weight is 480 g/mol. The first kappa shape index (κ1) is 22.5. The van der Waals surface area contributed by atoms with Gasteiger partial charge in [0.05, 0.1) is 11.9 Å². The lowest BCUT2D eigenvalue weighted by Crippen LogP contribution is -2.55. The fourth-order valence-corrected chi connectivity index (χ4v) is 5.44. The molecule has 10 heteroatoms. The van der Waals surface area contributed by atoms with Crippen molar-refractivity contribution in [1.29, 1.82) is 0 Å². The van der Waals surface area contributed by atoms with Gasteiger partial charge in [-0.3, -0.25) is 9.10 Å². The molecule has 4 rings (SSSR count). The second kappa shape index (κ2) is 9.07. The van der Waals surface area contributed by atoms with Crippen molar-refractivity contribution in [2.24, 2.45) is 0 Å². The molecule has 1 fully saturated rings. The van der Waals surface area contributed by atoms with Gasteiger partial charge in [0.1, 0.15) is 19.3 Å². The standard InChI is InChI=1S/C22H26ClN3O5S/c1-16(22(27)25-10-8-24(9-11-25)18-5-3-4-17(23)14-18)26(32(2,28)29)19-6-7-20-21(15-19)31-13-12-30-20/h3-7,14-16H,8-13H2,1-2H3/t16-/m0/s1. The molecule has 0 unspecified atom stereocenters. The summed E-state index contributed by atoms with van der Waals surface area (Å²) in [4.78, 5) is 17.1. The molecule has 172 valence electrons. The highest BCUT2D eigenvalue weighted by Gasteiger charge is 2.34. The topological polar surface area (TPSA) is 79.4 Å². The number of anilines is 2. The van der Waals surface area contributed by atoms with E-state index in [0.717, 1.165) is 16.2 Å². The number of ether oxygens (including phenoxy) is 2. The molecule has 0 saturated carbocycles. The van der Waals surface area contributed by atoms with Gasteiger partial charge in [-0.05, 0) is 37.3 Å². The van der Waals surface area contributed by atoms with Gasteiger partial charge in [0.2, 0.25) is 15.9 Å². The highest BCUT2D eigenvalue weighted by atomic mass is 35.5. The minimum absolute atomic E-state index is 0.240. The average Bonchev–Trinajstić information content (AvgIpc) is 2.78. The van der Waals surface area contributed by atoms with Crippen LogP contribution in [0.15, 0.2) is 42.5 Å². The Morgan fingerprint density at radius 2 is 1.72 bits per heavy atom. The van der Waals surface area contributed by atoms with E-state index in [-0.39, 0.29) is 5.91 Å². The molecule has 0 bridgehead atoms. The summed E-state index contributed by atoms with van der Waals surface area (Å²) in [5.74, 6) is 0.790. The van der Waals surface area contributed by atoms with Crippen LogP contribution >= 0.6 is 11.6 Å². The Morgan fingerprint density at radius 1 is 1.03 bits per heavy atom. The van der Waals surface area contributed by atoms with Gasteiger partial charge in [-0.1, -0.05) is 17.7 Å². The summed E-state index contributed by atoms with van der Waals surface area (Å²) in [5.41, 5.74) is 1.38. The maximum absolute atomic E-state index is 13.3. The number of carbonyl (C=O) groups excluding carboxylic acids is 1. The monoisotopic (exact) mass is 479 g/mol. The Labute approximate surface area is 193 Å². The molecule has 2 aromatic rings. The molecule has 1 amide bonds. The Bertz CT molecular complexity index is 1100. The van der Waals surface area contributed by atoms with Gasteiger partial charge in [0, 0.05) is 43.0 Å². The zero-order valence-electron chi connectivity index (χ0n) is 18.0. The van der Waals surface area contributed by atoms with Crippen LogP contribution in [0.5, 0.6) is 11.5 Å². The summed E-state index contributed by atoms with van der Waals surface area (Å²) >= 11 is 6.09. The molecule has 2 heterocycles. The largest absolute Gasteiger partial charge is 0.486 e. The second-order valence-electron chi connectivity index (χ2n) is 7.85. The first-order valence-corrected chi connectivity index (χ1v) is 12.6. The van der Waals surface area contributed by atoms with Gasteiger partial charge in [-0.25, -0.2) is 8.42 Å². The van der Waals surface area contributed by atoms with E-state index in [9.17, 15) is 13.2 Å². The molecule has 32 heavy (non-hydrogen) atoms. The van der Waals surface area contributed by atoms with Crippen LogP contribution in [0.2, 0.25) is 5.02 Å². The van der Waals surface area contributed by atoms with Gasteiger partial charge in [0.25, 0.3) is 0 Å². The number of fused-ring (bicyclic) bond motifs is 1. The van der Waals surface area contributed by atoms with Crippen LogP contribution in [0.3, 0.4) is 0 Å². The highest BCUT2D eigenvalue weighted by molar-refractivity contribution is 7.92. The van der Waals surface area contributed by atoms with Crippen LogP contribution in [-0.2, 0) is 14.8 Å². The molecule has 2 aliphatic rings. The number of nitrogens with zero attached hydrogens (tertiary/aromatic N) is 3. The maximum atomic E-state index is 13.3. The fourth-order valence-electron chi connectivity index (χ4n) is 4.09. The van der Waals surface area contributed by atoms with Crippen LogP contribution in [-0.4, -0.2) is 70.9 Å². The summed E-state index contributed by atoms with van der Waals surface area (Å²) < 4.78 is 37.6. The van der Waals surface area contributed by atoms with Gasteiger partial charge in [-0.15, -0.1) is 0 Å². The molecule has 0 aliphatic carbocycles. The Kier molecular flexibility index (Phi) is 6.39. The van der Waals surface area contributed by atoms with E-state index in [2.05, 4.69) is 4.90 Å². The SMILES string of the molecule is C[C@@H](C(=O)N1CCN(c2cccc(Cl)c2)CC1)N(c1ccc2c(c1)OCCO2)S(C)(=O)=O. The summed E-state index contributed by atoms with van der Waals surface area (Å²) in [7, 11) is -3.72. The van der Waals surface area contributed by atoms with Crippen LogP contribution < -0.4 is 18.7 Å². The first-order chi connectivity index (χ1) is 15.2. The van der Waals surface area contributed by atoms with Crippen molar-refractivity contribution in [3.8, 4) is 11.5 Å². The maximum Gasteiger partial charge on any atom is 0.246 e. The molecule has 2 aromatic carbocycles. The minimum atomic E-state index is -3.72. The van der Waals surface area contributed by atoms with Crippen LogP contribution in [0.25, 0.3) is 0 Å². The number of amides is 1. The summed E-state index contributed by atoms with van der Waals surface area (Å²) in [6.45, 7) is 4.72. The zero-order chi connectivity index (χ0) is 22.9. The number of halogens is 1. The van der Waals surface area contributed by atoms with E-state index >= 15 is 0 Å². The predicted molar refractivity (Wildman–Crippen MR) is 124 cm³/mol. The molecular weight excluding hydrogens is 454 g/mol. The van der Waals surface area contributed by atoms with Crippen LogP contribution in [0, 0.1) is 0 Å². The lowest BCUT2D eigenvalue weighted by molar-refractivity contribution is -0.132. The third kappa shape index (κ3) is 4.73. The van der Waals surface area contributed by atoms with E-state index in [1.54, 1.807) is 30.0 Å². The van der Waals surface area contributed by atoms with Crippen molar-refractivity contribution < 1.29 is 22.7 Å². The number of benzene rings is 2. The lowest BCUT2D eigenvalue weighted by atomic mass is 10.2. The summed E-state index contributed by atoms with van der Waals surface area (Å²) in [5, 5.41) is 0.665. The zero-order valence-corrected chi connectivity index (χ0v) is 19.6. The second-order valence-corrected chi connectivity index (χ2v) is 10.2. The summed E-state index contributed by atoms with van der Waals surface area (Å²) in [6, 6.07) is 11.6. The molecule has 0 radical (unpaired) electrons. The third-order valence-electron chi connectivity index (χ3n) is 5.61. The molecule has 0 spiro atoms. The first-order valence-electron chi connectivity index (χ1n) is 10.4. The van der Waals surface area contributed by atoms with Crippen molar-refractivity contribution in [1.82, 2.24) is 4.90 Å². The Morgan fingerprint density at radius 3 is 2.38 bits per heavy atom. The number of hydrogen-bond acceptors (Lipinski definition) is 6. The number of hydrogen-bond donors (Lipinski definition) is 0. The number of carbonyl (C=O) groups is 1. The van der Waals surface area contributed by atoms with Crippen molar-refractivity contribution in [2.75, 3.05) is 54.9 Å². The Hall–Kier alpha value is -2.65. The smallest absolute Gasteiger partial charge is 0.246 e. The molecule has 1 saturated heterocycles. The van der Waals surface area contributed by atoms with Crippen molar-refractivity contribution in [3.63, 3.8) is 0 Å². The summed E-state index contributed by atoms with van der Waals surface area (Å²) in [6.07, 6.45) is 1.10. The van der Waals surface area contributed by atoms with E-state index in [0.29, 0.717) is 61.6 Å². The van der Waals surface area contributed by atoms with Gasteiger partial charge >= 0.3 is 0 Å². The Balaban J connectivity index is 1.50. The molecule has 2 aliphatic heterocycles. The molecular formula is C22H26ClN3O5S. The van der Waals surface area contributed by atoms with E-state index in [1.165, 1.54) is 0 Å². The highest BCUT2D eigenvalue weighted by Crippen LogP contribution is 2.35. The van der Waals surface area contributed by atoms with Crippen molar-refractivity contribution in [2.45, 2.75) is 13.0 Å². The molecule has 1 atom stereocenters. The minimum Gasteiger partial charge on any atom is -0.486 e. The van der Waals surface area contributed by atoms with E-state index < -0.39 is 16.1 Å². The van der Waals surface area contributed by atoms with Gasteiger partial charge < -0.3 is 19.3 Å². The normalized spacial score (nSPS) is 17.1. The lowest BCUT2D eigenvalue weighted by Gasteiger charge is -2.39. The van der Waals surface area contributed by atoms with Crippen molar-refractivity contribution >= 4 is 38.9 Å². The van der Waals surface area contributed by atoms with Gasteiger partial charge in [0.15, 0.2) is 11.5 Å². The fraction of sp³-hybridized carbons (Fsp3) is 0.409. The molecule has 8 nitrogen and oxygen atoms in total. The van der Waals surface area contributed by atoms with Crippen LogP contribution in [0.4, 0.5) is 11.4 Å².